The second-order valence-electron chi connectivity index (χ2n) is 5.19. The lowest BCUT2D eigenvalue weighted by atomic mass is 10.2. The Labute approximate surface area is 145 Å². The Morgan fingerprint density at radius 2 is 2.00 bits per heavy atom. The molecule has 0 aliphatic rings. The van der Waals surface area contributed by atoms with Crippen molar-refractivity contribution >= 4 is 24.0 Å². The average Bonchev–Trinajstić information content (AvgIpc) is 2.51. The summed E-state index contributed by atoms with van der Waals surface area (Å²) >= 11 is 0. The summed E-state index contributed by atoms with van der Waals surface area (Å²) in [7, 11) is 3.16. The van der Waals surface area contributed by atoms with Crippen LogP contribution in [0.15, 0.2) is 30.4 Å². The molecule has 0 saturated heterocycles. The number of methoxy groups -OCH3 is 2. The monoisotopic (exact) mass is 342 g/mol. The smallest absolute Gasteiger partial charge is 0.225 e. The lowest BCUT2D eigenvalue weighted by molar-refractivity contribution is -0.116. The number of carbonyl (C=O) groups excluding carboxylic acids is 1. The second kappa shape index (κ2) is 10.9. The lowest BCUT2D eigenvalue weighted by Gasteiger charge is -2.20. The largest absolute Gasteiger partial charge is 0.497 e. The van der Waals surface area contributed by atoms with E-state index in [0.29, 0.717) is 30.2 Å². The highest BCUT2D eigenvalue weighted by molar-refractivity contribution is 5.92. The first-order valence-corrected chi connectivity index (χ1v) is 7.38. The van der Waals surface area contributed by atoms with Crippen molar-refractivity contribution in [3.05, 3.63) is 30.4 Å². The number of hydrogen-bond acceptors (Lipinski definition) is 4. The minimum atomic E-state index is -0.0383. The maximum atomic E-state index is 12.1. The topological polar surface area (TPSA) is 50.8 Å². The number of halogens is 1. The zero-order valence-corrected chi connectivity index (χ0v) is 15.2. The van der Waals surface area contributed by atoms with Crippen LogP contribution in [0.25, 0.3) is 0 Å². The molecule has 0 unspecified atom stereocenters. The van der Waals surface area contributed by atoms with Crippen molar-refractivity contribution in [3.63, 3.8) is 0 Å². The highest BCUT2D eigenvalue weighted by Gasteiger charge is 2.10. The summed E-state index contributed by atoms with van der Waals surface area (Å²) in [5.74, 6) is 1.24. The fourth-order valence-electron chi connectivity index (χ4n) is 2.10. The maximum absolute atomic E-state index is 12.1. The van der Waals surface area contributed by atoms with Gasteiger partial charge in [0.05, 0.1) is 19.9 Å². The third kappa shape index (κ3) is 7.39. The van der Waals surface area contributed by atoms with Gasteiger partial charge in [-0.2, -0.15) is 0 Å². The third-order valence-corrected chi connectivity index (χ3v) is 3.28. The van der Waals surface area contributed by atoms with Gasteiger partial charge < -0.3 is 14.8 Å². The van der Waals surface area contributed by atoms with Crippen LogP contribution in [0.1, 0.15) is 20.3 Å². The van der Waals surface area contributed by atoms with E-state index in [1.165, 1.54) is 0 Å². The third-order valence-electron chi connectivity index (χ3n) is 3.28. The molecule has 0 fully saturated rings. The molecule has 0 aliphatic heterocycles. The molecular formula is C17H27ClN2O3. The first kappa shape index (κ1) is 21.3. The zero-order chi connectivity index (χ0) is 16.5. The number of likely N-dealkylation sites (N-methyl/N-ethyl adjacent to an activating group) is 1. The Bertz CT molecular complexity index is 521. The van der Waals surface area contributed by atoms with E-state index in [1.807, 2.05) is 6.92 Å². The fraction of sp³-hybridized carbons (Fsp3) is 0.471. The molecule has 5 nitrogen and oxygen atoms in total. The van der Waals surface area contributed by atoms with Gasteiger partial charge in [-0.05, 0) is 25.6 Å². The molecule has 0 aromatic heterocycles. The van der Waals surface area contributed by atoms with Crippen molar-refractivity contribution in [2.75, 3.05) is 39.2 Å². The van der Waals surface area contributed by atoms with Gasteiger partial charge in [0.1, 0.15) is 11.5 Å². The van der Waals surface area contributed by atoms with Gasteiger partial charge in [0, 0.05) is 25.6 Å². The van der Waals surface area contributed by atoms with Crippen LogP contribution < -0.4 is 14.8 Å². The minimum Gasteiger partial charge on any atom is -0.497 e. The number of amides is 1. The van der Waals surface area contributed by atoms with Crippen LogP contribution in [0.5, 0.6) is 11.5 Å². The molecular weight excluding hydrogens is 316 g/mol. The number of carbonyl (C=O) groups is 1. The molecule has 1 amide bonds. The first-order valence-electron chi connectivity index (χ1n) is 7.38. The molecule has 1 aromatic rings. The highest BCUT2D eigenvalue weighted by Crippen LogP contribution is 2.29. The SMILES string of the molecule is C=C(C)CN(CC)CCC(=O)Nc1ccc(OC)cc1OC.Cl. The molecule has 0 heterocycles. The standard InChI is InChI=1S/C17H26N2O3.ClH/c1-6-19(12-13(2)3)10-9-17(20)18-15-8-7-14(21-4)11-16(15)22-5;/h7-8,11H,2,6,9-10,12H2,1,3-5H3,(H,18,20);1H. The number of benzene rings is 1. The van der Waals surface area contributed by atoms with Crippen molar-refractivity contribution in [1.82, 2.24) is 4.90 Å². The molecule has 0 bridgehead atoms. The molecule has 1 rings (SSSR count). The van der Waals surface area contributed by atoms with Crippen LogP contribution >= 0.6 is 12.4 Å². The molecule has 0 saturated carbocycles. The zero-order valence-electron chi connectivity index (χ0n) is 14.3. The number of ether oxygens (including phenoxy) is 2. The summed E-state index contributed by atoms with van der Waals surface area (Å²) in [6.07, 6.45) is 0.427. The van der Waals surface area contributed by atoms with Gasteiger partial charge in [0.25, 0.3) is 0 Å². The van der Waals surface area contributed by atoms with Crippen molar-refractivity contribution < 1.29 is 14.3 Å². The maximum Gasteiger partial charge on any atom is 0.225 e. The Balaban J connectivity index is 0.00000484. The minimum absolute atomic E-state index is 0. The number of hydrogen-bond donors (Lipinski definition) is 1. The summed E-state index contributed by atoms with van der Waals surface area (Å²) in [6, 6.07) is 5.31. The first-order chi connectivity index (χ1) is 10.5. The number of anilines is 1. The molecule has 0 spiro atoms. The van der Waals surface area contributed by atoms with Crippen molar-refractivity contribution in [2.24, 2.45) is 0 Å². The van der Waals surface area contributed by atoms with Crippen LogP contribution in [-0.2, 0) is 4.79 Å². The van der Waals surface area contributed by atoms with E-state index < -0.39 is 0 Å². The van der Waals surface area contributed by atoms with E-state index >= 15 is 0 Å². The summed E-state index contributed by atoms with van der Waals surface area (Å²) in [5, 5.41) is 2.88. The van der Waals surface area contributed by atoms with Crippen LogP contribution in [0.4, 0.5) is 5.69 Å². The van der Waals surface area contributed by atoms with Crippen molar-refractivity contribution in [1.29, 1.82) is 0 Å². The van der Waals surface area contributed by atoms with Gasteiger partial charge >= 0.3 is 0 Å². The predicted octanol–water partition coefficient (Wildman–Crippen LogP) is 3.35. The van der Waals surface area contributed by atoms with Crippen molar-refractivity contribution in [2.45, 2.75) is 20.3 Å². The normalized spacial score (nSPS) is 9.96. The molecule has 1 N–H and O–H groups in total. The Morgan fingerprint density at radius 1 is 1.30 bits per heavy atom. The molecule has 0 aliphatic carbocycles. The van der Waals surface area contributed by atoms with Gasteiger partial charge in [-0.3, -0.25) is 9.69 Å². The number of nitrogens with zero attached hydrogens (tertiary/aromatic N) is 1. The van der Waals surface area contributed by atoms with Crippen LogP contribution in [0.3, 0.4) is 0 Å². The summed E-state index contributed by atoms with van der Waals surface area (Å²) in [6.45, 7) is 10.4. The van der Waals surface area contributed by atoms with E-state index in [0.717, 1.165) is 18.7 Å². The van der Waals surface area contributed by atoms with E-state index in [4.69, 9.17) is 9.47 Å². The fourth-order valence-corrected chi connectivity index (χ4v) is 2.10. The van der Waals surface area contributed by atoms with Crippen molar-refractivity contribution in [3.8, 4) is 11.5 Å². The van der Waals surface area contributed by atoms with E-state index in [-0.39, 0.29) is 18.3 Å². The Hall–Kier alpha value is -1.72. The van der Waals surface area contributed by atoms with Gasteiger partial charge in [-0.15, -0.1) is 12.4 Å². The summed E-state index contributed by atoms with van der Waals surface area (Å²) in [4.78, 5) is 14.3. The molecule has 1 aromatic carbocycles. The Morgan fingerprint density at radius 3 is 2.52 bits per heavy atom. The second-order valence-corrected chi connectivity index (χ2v) is 5.19. The number of rotatable bonds is 9. The van der Waals surface area contributed by atoms with Gasteiger partial charge in [-0.1, -0.05) is 19.1 Å². The van der Waals surface area contributed by atoms with Crippen LogP contribution in [0, 0.1) is 0 Å². The predicted molar refractivity (Wildman–Crippen MR) is 97.0 cm³/mol. The average molecular weight is 343 g/mol. The van der Waals surface area contributed by atoms with Crippen LogP contribution in [0.2, 0.25) is 0 Å². The van der Waals surface area contributed by atoms with Crippen LogP contribution in [-0.4, -0.2) is 44.7 Å². The lowest BCUT2D eigenvalue weighted by Crippen LogP contribution is -2.29. The van der Waals surface area contributed by atoms with E-state index in [9.17, 15) is 4.79 Å². The molecule has 23 heavy (non-hydrogen) atoms. The summed E-state index contributed by atoms with van der Waals surface area (Å²) in [5.41, 5.74) is 1.75. The Kier molecular flexibility index (Phi) is 10.1. The van der Waals surface area contributed by atoms with E-state index in [1.54, 1.807) is 32.4 Å². The highest BCUT2D eigenvalue weighted by atomic mass is 35.5. The quantitative estimate of drug-likeness (QED) is 0.699. The molecule has 0 atom stereocenters. The molecule has 130 valence electrons. The van der Waals surface area contributed by atoms with E-state index in [2.05, 4.69) is 23.7 Å². The van der Waals surface area contributed by atoms with Gasteiger partial charge in [0.2, 0.25) is 5.91 Å². The van der Waals surface area contributed by atoms with Gasteiger partial charge in [-0.25, -0.2) is 0 Å². The summed E-state index contributed by atoms with van der Waals surface area (Å²) < 4.78 is 10.4. The molecule has 0 radical (unpaired) electrons. The van der Waals surface area contributed by atoms with Gasteiger partial charge in [0.15, 0.2) is 0 Å². The number of nitrogens with one attached hydrogen (secondary N) is 1. The molecule has 6 heteroatoms.